The molecule has 18 nitrogen and oxygen atoms in total. The lowest BCUT2D eigenvalue weighted by Crippen LogP contribution is -2.70. The third-order valence-electron chi connectivity index (χ3n) is 7.45. The SMILES string of the molecule is Nc1ncnc2c1ncn2C1(O)CO[C@H](COS(=O)(=O)NCC2=C(C(=O)O)N3C(=O)[C@@H](NC(=O)Cc4cccs4)[C@H]3SC2)[C@H]1O. The molecule has 3 aliphatic rings. The molecule has 1 unspecified atom stereocenters. The number of hydrogen-bond donors (Lipinski definition) is 6. The molecule has 45 heavy (non-hydrogen) atoms. The van der Waals surface area contributed by atoms with Crippen LogP contribution in [0.3, 0.4) is 0 Å². The molecule has 0 bridgehead atoms. The number of carbonyl (C=O) groups is 3. The van der Waals surface area contributed by atoms with Gasteiger partial charge in [0.1, 0.15) is 41.2 Å². The molecule has 21 heteroatoms. The van der Waals surface area contributed by atoms with Crippen LogP contribution in [-0.2, 0) is 45.8 Å². The minimum absolute atomic E-state index is 0.0516. The van der Waals surface area contributed by atoms with Crippen molar-refractivity contribution in [3.63, 3.8) is 0 Å². The number of fused-ring (bicyclic) bond motifs is 2. The molecule has 0 saturated carbocycles. The van der Waals surface area contributed by atoms with E-state index in [1.54, 1.807) is 12.1 Å². The fraction of sp³-hybridized carbons (Fsp3) is 0.417. The van der Waals surface area contributed by atoms with E-state index in [-0.39, 0.29) is 46.3 Å². The Balaban J connectivity index is 1.06. The first-order valence-corrected chi connectivity index (χ1v) is 16.5. The van der Waals surface area contributed by atoms with Gasteiger partial charge in [-0.3, -0.25) is 23.2 Å². The number of anilines is 1. The van der Waals surface area contributed by atoms with E-state index < -0.39 is 71.3 Å². The van der Waals surface area contributed by atoms with E-state index in [9.17, 15) is 38.1 Å². The number of hydrogen-bond acceptors (Lipinski definition) is 15. The van der Waals surface area contributed by atoms with Gasteiger partial charge in [-0.25, -0.2) is 19.7 Å². The van der Waals surface area contributed by atoms with Crippen LogP contribution >= 0.6 is 23.1 Å². The topological polar surface area (TPSA) is 261 Å². The number of imidazole rings is 1. The van der Waals surface area contributed by atoms with Crippen molar-refractivity contribution in [2.75, 3.05) is 31.2 Å². The van der Waals surface area contributed by atoms with Crippen molar-refractivity contribution in [1.29, 1.82) is 0 Å². The van der Waals surface area contributed by atoms with Crippen LogP contribution in [-0.4, -0.2) is 115 Å². The molecule has 2 amide bonds. The molecule has 7 N–H and O–H groups in total. The summed E-state index contributed by atoms with van der Waals surface area (Å²) < 4.78 is 39.0. The highest BCUT2D eigenvalue weighted by Gasteiger charge is 2.54. The Kier molecular flexibility index (Phi) is 8.28. The first-order chi connectivity index (χ1) is 21.4. The summed E-state index contributed by atoms with van der Waals surface area (Å²) in [5.74, 6) is -2.33. The Labute approximate surface area is 262 Å². The number of nitrogen functional groups attached to an aromatic ring is 1. The Morgan fingerprint density at radius 3 is 2.82 bits per heavy atom. The van der Waals surface area contributed by atoms with Crippen LogP contribution in [0.25, 0.3) is 11.2 Å². The number of carboxylic acid groups (broad SMARTS) is 1. The normalized spacial score (nSPS) is 26.6. The summed E-state index contributed by atoms with van der Waals surface area (Å²) in [6.07, 6.45) is -0.550. The number of aliphatic hydroxyl groups is 2. The highest BCUT2D eigenvalue weighted by molar-refractivity contribution is 8.00. The van der Waals surface area contributed by atoms with E-state index in [1.807, 2.05) is 5.38 Å². The van der Waals surface area contributed by atoms with Crippen molar-refractivity contribution < 1.29 is 47.0 Å². The maximum Gasteiger partial charge on any atom is 0.352 e. The number of nitrogens with two attached hydrogens (primary N) is 1. The van der Waals surface area contributed by atoms with E-state index in [4.69, 9.17) is 14.7 Å². The number of thiophene rings is 1. The molecule has 3 aromatic rings. The van der Waals surface area contributed by atoms with Gasteiger partial charge in [-0.15, -0.1) is 23.1 Å². The number of aliphatic hydroxyl groups excluding tert-OH is 1. The number of thioether (sulfide) groups is 1. The van der Waals surface area contributed by atoms with Crippen molar-refractivity contribution in [2.45, 2.75) is 35.8 Å². The lowest BCUT2D eigenvalue weighted by atomic mass is 10.0. The van der Waals surface area contributed by atoms with E-state index in [1.165, 1.54) is 29.4 Å². The van der Waals surface area contributed by atoms with E-state index in [2.05, 4.69) is 25.0 Å². The second kappa shape index (κ2) is 11.9. The van der Waals surface area contributed by atoms with Gasteiger partial charge in [-0.05, 0) is 17.0 Å². The lowest BCUT2D eigenvalue weighted by molar-refractivity contribution is -0.150. The minimum Gasteiger partial charge on any atom is -0.477 e. The molecule has 2 saturated heterocycles. The van der Waals surface area contributed by atoms with Gasteiger partial charge in [-0.1, -0.05) is 6.07 Å². The largest absolute Gasteiger partial charge is 0.477 e. The van der Waals surface area contributed by atoms with E-state index >= 15 is 0 Å². The molecule has 240 valence electrons. The molecular weight excluding hydrogens is 657 g/mol. The summed E-state index contributed by atoms with van der Waals surface area (Å²) in [4.78, 5) is 51.1. The molecule has 0 aromatic carbocycles. The maximum absolute atomic E-state index is 12.9. The summed E-state index contributed by atoms with van der Waals surface area (Å²) in [6.45, 7) is -1.66. The van der Waals surface area contributed by atoms with Gasteiger partial charge in [0.05, 0.1) is 26.0 Å². The third kappa shape index (κ3) is 5.76. The number of rotatable bonds is 11. The standard InChI is InChI=1S/C24H26N8O10S3/c25-19-15-20(27-9-26-19)31(10-28-15)24(38)8-41-13(18(24)34)6-42-45(39,40)29-5-11-7-44-22-16(21(35)32(22)17(11)23(36)37)30-14(33)4-12-2-1-3-43-12/h1-3,9-10,13,16,18,22,29,34,38H,4-8H2,(H,30,33)(H,36,37)(H2,25,26,27)/t13-,16-,18-,22-,24?/m1/s1. The highest BCUT2D eigenvalue weighted by atomic mass is 32.2. The number of ether oxygens (including phenoxy) is 1. The second-order valence-electron chi connectivity index (χ2n) is 10.2. The third-order valence-corrected chi connectivity index (χ3v) is 10.6. The van der Waals surface area contributed by atoms with Gasteiger partial charge in [0.2, 0.25) is 5.91 Å². The number of amides is 2. The highest BCUT2D eigenvalue weighted by Crippen LogP contribution is 2.40. The van der Waals surface area contributed by atoms with Crippen LogP contribution in [0.1, 0.15) is 4.88 Å². The summed E-state index contributed by atoms with van der Waals surface area (Å²) in [7, 11) is -4.53. The molecule has 6 heterocycles. The second-order valence-corrected chi connectivity index (χ2v) is 13.8. The number of carbonyl (C=O) groups excluding carboxylic acids is 2. The molecule has 6 rings (SSSR count). The monoisotopic (exact) mass is 682 g/mol. The smallest absolute Gasteiger partial charge is 0.352 e. The van der Waals surface area contributed by atoms with Crippen molar-refractivity contribution in [2.24, 2.45) is 0 Å². The molecule has 3 aromatic heterocycles. The minimum atomic E-state index is -4.53. The quantitative estimate of drug-likeness (QED) is 0.116. The van der Waals surface area contributed by atoms with Crippen molar-refractivity contribution in [3.8, 4) is 0 Å². The first-order valence-electron chi connectivity index (χ1n) is 13.2. The predicted molar refractivity (Wildman–Crippen MR) is 156 cm³/mol. The van der Waals surface area contributed by atoms with Crippen molar-refractivity contribution in [1.82, 2.24) is 34.5 Å². The molecular formula is C24H26N8O10S3. The summed E-state index contributed by atoms with van der Waals surface area (Å²) in [5, 5.41) is 35.7. The average molecular weight is 683 g/mol. The molecule has 0 aliphatic carbocycles. The summed E-state index contributed by atoms with van der Waals surface area (Å²) >= 11 is 2.58. The van der Waals surface area contributed by atoms with Crippen LogP contribution in [0, 0.1) is 0 Å². The van der Waals surface area contributed by atoms with Crippen LogP contribution < -0.4 is 15.8 Å². The van der Waals surface area contributed by atoms with Crippen molar-refractivity contribution >= 4 is 68.2 Å². The predicted octanol–water partition coefficient (Wildman–Crippen LogP) is -2.29. The fourth-order valence-electron chi connectivity index (χ4n) is 5.18. The molecule has 0 spiro atoms. The zero-order valence-electron chi connectivity index (χ0n) is 23.0. The molecule has 0 radical (unpaired) electrons. The Hall–Kier alpha value is -3.70. The Morgan fingerprint density at radius 2 is 2.09 bits per heavy atom. The fourth-order valence-corrected chi connectivity index (χ4v) is 7.98. The van der Waals surface area contributed by atoms with Gasteiger partial charge in [-0.2, -0.15) is 13.1 Å². The number of nitrogens with zero attached hydrogens (tertiary/aromatic N) is 5. The van der Waals surface area contributed by atoms with Crippen LogP contribution in [0.2, 0.25) is 0 Å². The van der Waals surface area contributed by atoms with E-state index in [0.29, 0.717) is 0 Å². The van der Waals surface area contributed by atoms with Crippen molar-refractivity contribution in [3.05, 3.63) is 46.3 Å². The van der Waals surface area contributed by atoms with E-state index in [0.717, 1.165) is 20.7 Å². The number of aliphatic carboxylic acids is 1. The Morgan fingerprint density at radius 1 is 1.29 bits per heavy atom. The lowest BCUT2D eigenvalue weighted by Gasteiger charge is -2.49. The zero-order valence-corrected chi connectivity index (χ0v) is 25.4. The maximum atomic E-state index is 12.9. The number of aromatic nitrogens is 4. The van der Waals surface area contributed by atoms with Gasteiger partial charge >= 0.3 is 16.3 Å². The van der Waals surface area contributed by atoms with Gasteiger partial charge in [0, 0.05) is 17.2 Å². The Bertz CT molecular complexity index is 1800. The number of β-lactam (4-membered cyclic amide) rings is 1. The molecule has 3 aliphatic heterocycles. The van der Waals surface area contributed by atoms with Gasteiger partial charge in [0.25, 0.3) is 5.91 Å². The number of carboxylic acids is 1. The molecule has 5 atom stereocenters. The van der Waals surface area contributed by atoms with Gasteiger partial charge < -0.3 is 31.1 Å². The molecule has 2 fully saturated rings. The van der Waals surface area contributed by atoms with Crippen LogP contribution in [0.4, 0.5) is 5.82 Å². The van der Waals surface area contributed by atoms with Crippen LogP contribution in [0.5, 0.6) is 0 Å². The summed E-state index contributed by atoms with van der Waals surface area (Å²) in [5.41, 5.74) is 3.72. The zero-order chi connectivity index (χ0) is 32.1. The van der Waals surface area contributed by atoms with Crippen LogP contribution in [0.15, 0.2) is 41.4 Å². The number of nitrogens with one attached hydrogen (secondary N) is 2. The first kappa shape index (κ1) is 31.3. The average Bonchev–Trinajstić information content (AvgIpc) is 3.74. The summed E-state index contributed by atoms with van der Waals surface area (Å²) in [6, 6.07) is 2.67. The van der Waals surface area contributed by atoms with Gasteiger partial charge in [0.15, 0.2) is 17.2 Å².